The Kier molecular flexibility index (Phi) is 10.2. The summed E-state index contributed by atoms with van der Waals surface area (Å²) >= 11 is -1.93. The van der Waals surface area contributed by atoms with Crippen LogP contribution in [0.2, 0.25) is 0 Å². The molecule has 0 spiro atoms. The van der Waals surface area contributed by atoms with Crippen LogP contribution >= 0.6 is 0 Å². The van der Waals surface area contributed by atoms with Crippen LogP contribution in [0.3, 0.4) is 0 Å². The molecule has 32 heavy (non-hydrogen) atoms. The minimum Gasteiger partial charge on any atom is -1.00 e. The van der Waals surface area contributed by atoms with Gasteiger partial charge in [0.05, 0.1) is 0 Å². The second kappa shape index (κ2) is 12.1. The summed E-state index contributed by atoms with van der Waals surface area (Å²) in [5, 5.41) is 0. The number of halogens is 2. The second-order valence-corrected chi connectivity index (χ2v) is 12.1. The molecule has 2 aliphatic rings. The molecule has 0 fully saturated rings. The second-order valence-electron chi connectivity index (χ2n) is 8.26. The Balaban J connectivity index is 0.00000181. The van der Waals surface area contributed by atoms with Crippen molar-refractivity contribution in [1.29, 1.82) is 0 Å². The van der Waals surface area contributed by atoms with E-state index in [0.29, 0.717) is 0 Å². The Morgan fingerprint density at radius 2 is 1.03 bits per heavy atom. The van der Waals surface area contributed by atoms with Crippen LogP contribution in [0.5, 0.6) is 0 Å². The molecule has 0 heterocycles. The van der Waals surface area contributed by atoms with E-state index in [1.54, 1.807) is 33.9 Å². The van der Waals surface area contributed by atoms with Gasteiger partial charge in [0.15, 0.2) is 0 Å². The van der Waals surface area contributed by atoms with Crippen molar-refractivity contribution in [1.82, 2.24) is 0 Å². The first kappa shape index (κ1) is 26.8. The molecule has 2 aromatic carbocycles. The van der Waals surface area contributed by atoms with Crippen LogP contribution in [-0.2, 0) is 17.4 Å². The van der Waals surface area contributed by atoms with Crippen LogP contribution in [-0.4, -0.2) is 3.81 Å². The SMILES string of the molecule is CCC1=CC[C]([Ti+2]([C]2=C(C)C(CC)=CC2)=[C](c2ccccc2)c2ccccc2)=C1C.[Cl-].[Cl-]. The van der Waals surface area contributed by atoms with Crippen molar-refractivity contribution in [2.75, 3.05) is 0 Å². The minimum atomic E-state index is -1.93. The summed E-state index contributed by atoms with van der Waals surface area (Å²) in [6.45, 7) is 9.37. The maximum absolute atomic E-state index is 2.50. The van der Waals surface area contributed by atoms with Crippen LogP contribution in [0.1, 0.15) is 64.5 Å². The fraction of sp³-hybridized carbons (Fsp3) is 0.276. The van der Waals surface area contributed by atoms with Crippen molar-refractivity contribution in [2.45, 2.75) is 53.4 Å². The third-order valence-electron chi connectivity index (χ3n) is 6.71. The molecule has 0 bridgehead atoms. The molecule has 0 aromatic heterocycles. The fourth-order valence-electron chi connectivity index (χ4n) is 5.00. The van der Waals surface area contributed by atoms with E-state index in [1.165, 1.54) is 11.1 Å². The van der Waals surface area contributed by atoms with E-state index >= 15 is 0 Å². The van der Waals surface area contributed by atoms with Gasteiger partial charge in [-0.2, -0.15) is 0 Å². The molecule has 0 radical (unpaired) electrons. The number of rotatable bonds is 6. The summed E-state index contributed by atoms with van der Waals surface area (Å²) in [4.78, 5) is 0. The molecule has 0 nitrogen and oxygen atoms in total. The molecule has 166 valence electrons. The summed E-state index contributed by atoms with van der Waals surface area (Å²) < 4.78 is 5.14. The van der Waals surface area contributed by atoms with Crippen LogP contribution in [0.15, 0.2) is 103 Å². The Bertz CT molecular complexity index is 1010. The van der Waals surface area contributed by atoms with Crippen molar-refractivity contribution in [2.24, 2.45) is 0 Å². The van der Waals surface area contributed by atoms with Gasteiger partial charge in [-0.1, -0.05) is 0 Å². The quantitative estimate of drug-likeness (QED) is 0.533. The standard InChI is InChI=1S/C13H10.2C8H11.2ClH.Ti/c1-3-7-12(8-4-1)11-13-9-5-2-6-10-13;2*1-3-8-6-4-5-7(8)2;;;/h1-10H;2*6H,3-4H2,1-2H3;2*1H;/q;;;;;+2/p-2. The number of benzene rings is 2. The van der Waals surface area contributed by atoms with Gasteiger partial charge in [0, 0.05) is 0 Å². The summed E-state index contributed by atoms with van der Waals surface area (Å²) in [6.07, 6.45) is 9.58. The molecule has 0 amide bonds. The van der Waals surface area contributed by atoms with Crippen molar-refractivity contribution in [3.63, 3.8) is 0 Å². The van der Waals surface area contributed by atoms with Gasteiger partial charge in [-0.15, -0.1) is 0 Å². The summed E-state index contributed by atoms with van der Waals surface area (Å²) in [5.74, 6) is 0. The zero-order chi connectivity index (χ0) is 21.1. The van der Waals surface area contributed by atoms with Gasteiger partial charge in [-0.25, -0.2) is 0 Å². The van der Waals surface area contributed by atoms with Crippen molar-refractivity contribution < 1.29 is 42.2 Å². The molecule has 0 aliphatic heterocycles. The Labute approximate surface area is 212 Å². The molecule has 4 rings (SSSR count). The Hall–Kier alpha value is -1.44. The molecule has 0 atom stereocenters. The maximum Gasteiger partial charge on any atom is -1.00 e. The third kappa shape index (κ3) is 5.21. The molecule has 2 aromatic rings. The third-order valence-corrected chi connectivity index (χ3v) is 12.1. The van der Waals surface area contributed by atoms with Gasteiger partial charge in [-0.05, 0) is 0 Å². The first-order chi connectivity index (χ1) is 14.7. The van der Waals surface area contributed by atoms with E-state index < -0.39 is 17.4 Å². The predicted octanol–water partition coefficient (Wildman–Crippen LogP) is 1.91. The number of allylic oxidation sites excluding steroid dienone is 8. The Morgan fingerprint density at radius 3 is 1.34 bits per heavy atom. The predicted molar refractivity (Wildman–Crippen MR) is 127 cm³/mol. The van der Waals surface area contributed by atoms with Gasteiger partial charge in [0.2, 0.25) is 0 Å². The van der Waals surface area contributed by atoms with Crippen LogP contribution < -0.4 is 24.8 Å². The van der Waals surface area contributed by atoms with E-state index in [-0.39, 0.29) is 24.8 Å². The summed E-state index contributed by atoms with van der Waals surface area (Å²) in [5.41, 5.74) is 9.12. The first-order valence-electron chi connectivity index (χ1n) is 11.3. The molecule has 0 unspecified atom stereocenters. The van der Waals surface area contributed by atoms with Gasteiger partial charge < -0.3 is 24.8 Å². The van der Waals surface area contributed by atoms with Crippen LogP contribution in [0, 0.1) is 0 Å². The largest absolute Gasteiger partial charge is 1.00 e. The molecular formula is C29H32Cl2Ti. The molecular weight excluding hydrogens is 467 g/mol. The van der Waals surface area contributed by atoms with E-state index in [4.69, 9.17) is 0 Å². The van der Waals surface area contributed by atoms with Gasteiger partial charge in [-0.3, -0.25) is 0 Å². The average Bonchev–Trinajstić information content (AvgIpc) is 3.35. The number of hydrogen-bond acceptors (Lipinski definition) is 0. The molecule has 0 saturated heterocycles. The van der Waals surface area contributed by atoms with E-state index in [0.717, 1.165) is 25.7 Å². The van der Waals surface area contributed by atoms with Gasteiger partial charge >= 0.3 is 189 Å². The van der Waals surface area contributed by atoms with E-state index in [2.05, 4.69) is 101 Å². The fourth-order valence-corrected chi connectivity index (χ4v) is 10.6. The summed E-state index contributed by atoms with van der Waals surface area (Å²) in [6, 6.07) is 22.4. The monoisotopic (exact) mass is 498 g/mol. The average molecular weight is 499 g/mol. The first-order valence-corrected chi connectivity index (χ1v) is 13.6. The Morgan fingerprint density at radius 1 is 0.656 bits per heavy atom. The van der Waals surface area contributed by atoms with Crippen molar-refractivity contribution >= 4 is 3.81 Å². The van der Waals surface area contributed by atoms with Crippen molar-refractivity contribution in [3.05, 3.63) is 114 Å². The van der Waals surface area contributed by atoms with Crippen LogP contribution in [0.25, 0.3) is 0 Å². The minimum absolute atomic E-state index is 0. The molecule has 0 N–H and O–H groups in total. The van der Waals surface area contributed by atoms with E-state index in [1.807, 2.05) is 0 Å². The molecule has 0 saturated carbocycles. The number of hydrogen-bond donors (Lipinski definition) is 0. The topological polar surface area (TPSA) is 0 Å². The van der Waals surface area contributed by atoms with Gasteiger partial charge in [0.25, 0.3) is 0 Å². The van der Waals surface area contributed by atoms with Crippen molar-refractivity contribution in [3.8, 4) is 0 Å². The normalized spacial score (nSPS) is 14.8. The van der Waals surface area contributed by atoms with Crippen LogP contribution in [0.4, 0.5) is 0 Å². The molecule has 2 aliphatic carbocycles. The summed E-state index contributed by atoms with van der Waals surface area (Å²) in [7, 11) is 0. The molecule has 3 heteroatoms. The smallest absolute Gasteiger partial charge is 1.00 e. The van der Waals surface area contributed by atoms with Gasteiger partial charge in [0.1, 0.15) is 0 Å². The van der Waals surface area contributed by atoms with E-state index in [9.17, 15) is 0 Å². The maximum atomic E-state index is 2.50. The zero-order valence-corrected chi connectivity index (χ0v) is 22.6. The zero-order valence-electron chi connectivity index (χ0n) is 19.5.